The van der Waals surface area contributed by atoms with Crippen molar-refractivity contribution in [3.63, 3.8) is 0 Å². The van der Waals surface area contributed by atoms with E-state index in [0.717, 1.165) is 5.69 Å². The molecule has 0 fully saturated rings. The maximum atomic E-state index is 9.52. The zero-order valence-corrected chi connectivity index (χ0v) is 15.4. The highest BCUT2D eigenvalue weighted by Gasteiger charge is 2.21. The molecular formula is C22H16N6. The Hall–Kier alpha value is -4.52. The second kappa shape index (κ2) is 8.72. The number of nitrogen functional groups attached to an aromatic ring is 1. The molecule has 2 N–H and O–H groups in total. The molecule has 0 heterocycles. The number of allylic oxidation sites excluding steroid dienone is 4. The predicted molar refractivity (Wildman–Crippen MR) is 108 cm³/mol. The van der Waals surface area contributed by atoms with Crippen LogP contribution in [-0.4, -0.2) is 14.1 Å². The summed E-state index contributed by atoms with van der Waals surface area (Å²) in [4.78, 5) is 1.91. The Morgan fingerprint density at radius 3 is 1.36 bits per heavy atom. The van der Waals surface area contributed by atoms with E-state index in [-0.39, 0.29) is 22.3 Å². The van der Waals surface area contributed by atoms with Crippen LogP contribution in [0.2, 0.25) is 0 Å². The summed E-state index contributed by atoms with van der Waals surface area (Å²) in [6.45, 7) is 0. The largest absolute Gasteiger partial charge is 0.399 e. The molecule has 134 valence electrons. The van der Waals surface area contributed by atoms with Crippen molar-refractivity contribution < 1.29 is 0 Å². The molecular weight excluding hydrogens is 348 g/mol. The van der Waals surface area contributed by atoms with E-state index in [1.54, 1.807) is 36.4 Å². The molecule has 0 bridgehead atoms. The van der Waals surface area contributed by atoms with E-state index in [4.69, 9.17) is 5.73 Å². The zero-order chi connectivity index (χ0) is 20.7. The van der Waals surface area contributed by atoms with Gasteiger partial charge in [0.05, 0.1) is 0 Å². The maximum absolute atomic E-state index is 9.52. The normalized spacial score (nSPS) is 9.07. The molecule has 0 unspecified atom stereocenters. The Kier molecular flexibility index (Phi) is 6.17. The highest BCUT2D eigenvalue weighted by Crippen LogP contribution is 2.37. The Labute approximate surface area is 163 Å². The van der Waals surface area contributed by atoms with Gasteiger partial charge in [0.1, 0.15) is 35.4 Å². The molecule has 0 aromatic heterocycles. The molecule has 6 heteroatoms. The van der Waals surface area contributed by atoms with Gasteiger partial charge in [0.2, 0.25) is 0 Å². The lowest BCUT2D eigenvalue weighted by Gasteiger charge is -2.16. The lowest BCUT2D eigenvalue weighted by molar-refractivity contribution is 1.13. The molecule has 0 atom stereocenters. The predicted octanol–water partition coefficient (Wildman–Crippen LogP) is 3.64. The Morgan fingerprint density at radius 2 is 1.04 bits per heavy atom. The van der Waals surface area contributed by atoms with Crippen molar-refractivity contribution >= 4 is 22.5 Å². The van der Waals surface area contributed by atoms with Crippen molar-refractivity contribution in [2.45, 2.75) is 0 Å². The van der Waals surface area contributed by atoms with Gasteiger partial charge in [0.25, 0.3) is 0 Å². The fourth-order valence-corrected chi connectivity index (χ4v) is 2.68. The van der Waals surface area contributed by atoms with Crippen molar-refractivity contribution in [2.24, 2.45) is 0 Å². The summed E-state index contributed by atoms with van der Waals surface area (Å²) in [5.74, 6) is 0. The van der Waals surface area contributed by atoms with Crippen molar-refractivity contribution in [2.75, 3.05) is 24.7 Å². The van der Waals surface area contributed by atoms with E-state index in [1.807, 2.05) is 55.4 Å². The molecule has 2 rings (SSSR count). The first-order chi connectivity index (χ1) is 13.5. The molecule has 6 nitrogen and oxygen atoms in total. The summed E-state index contributed by atoms with van der Waals surface area (Å²) in [6.07, 6.45) is 0. The van der Waals surface area contributed by atoms with Crippen molar-refractivity contribution in [3.05, 3.63) is 70.8 Å². The van der Waals surface area contributed by atoms with Gasteiger partial charge in [-0.2, -0.15) is 21.0 Å². The first kappa shape index (κ1) is 19.8. The van der Waals surface area contributed by atoms with Gasteiger partial charge >= 0.3 is 0 Å². The number of nitrogens with zero attached hydrogens (tertiary/aromatic N) is 5. The zero-order valence-electron chi connectivity index (χ0n) is 15.4. The van der Waals surface area contributed by atoms with Gasteiger partial charge in [-0.1, -0.05) is 24.3 Å². The quantitative estimate of drug-likeness (QED) is 0.502. The highest BCUT2D eigenvalue weighted by atomic mass is 15.1. The Balaban J connectivity index is 2.89. The summed E-state index contributed by atoms with van der Waals surface area (Å²) in [5.41, 5.74) is 8.33. The van der Waals surface area contributed by atoms with Gasteiger partial charge in [-0.25, -0.2) is 0 Å². The van der Waals surface area contributed by atoms with E-state index in [0.29, 0.717) is 16.8 Å². The molecule has 2 aromatic rings. The average molecular weight is 364 g/mol. The number of hydrogen-bond acceptors (Lipinski definition) is 6. The molecule has 0 saturated heterocycles. The molecule has 28 heavy (non-hydrogen) atoms. The van der Waals surface area contributed by atoms with Crippen LogP contribution in [0.5, 0.6) is 0 Å². The first-order valence-corrected chi connectivity index (χ1v) is 8.19. The van der Waals surface area contributed by atoms with Gasteiger partial charge < -0.3 is 10.6 Å². The molecule has 0 amide bonds. The van der Waals surface area contributed by atoms with Crippen molar-refractivity contribution in [1.29, 1.82) is 21.0 Å². The van der Waals surface area contributed by atoms with Crippen LogP contribution in [0, 0.1) is 45.3 Å². The summed E-state index contributed by atoms with van der Waals surface area (Å²) >= 11 is 0. The summed E-state index contributed by atoms with van der Waals surface area (Å²) in [6, 6.07) is 21.3. The lowest BCUT2D eigenvalue weighted by atomic mass is 9.86. The van der Waals surface area contributed by atoms with E-state index in [1.165, 1.54) is 0 Å². The van der Waals surface area contributed by atoms with Crippen LogP contribution in [0.3, 0.4) is 0 Å². The smallest absolute Gasteiger partial charge is 0.138 e. The summed E-state index contributed by atoms with van der Waals surface area (Å²) in [5, 5.41) is 38.0. The number of anilines is 2. The van der Waals surface area contributed by atoms with E-state index >= 15 is 0 Å². The lowest BCUT2D eigenvalue weighted by Crippen LogP contribution is -2.08. The Morgan fingerprint density at radius 1 is 0.679 bits per heavy atom. The number of rotatable bonds is 4. The summed E-state index contributed by atoms with van der Waals surface area (Å²) < 4.78 is 0. The van der Waals surface area contributed by atoms with Crippen LogP contribution in [-0.2, 0) is 0 Å². The van der Waals surface area contributed by atoms with Gasteiger partial charge in [-0.3, -0.25) is 0 Å². The molecule has 0 aliphatic rings. The van der Waals surface area contributed by atoms with Crippen LogP contribution in [0.15, 0.2) is 59.7 Å². The maximum Gasteiger partial charge on any atom is 0.138 e. The molecule has 0 aliphatic heterocycles. The van der Waals surface area contributed by atoms with E-state index in [9.17, 15) is 21.0 Å². The number of hydrogen-bond donors (Lipinski definition) is 1. The van der Waals surface area contributed by atoms with Crippen molar-refractivity contribution in [3.8, 4) is 24.3 Å². The Bertz CT molecular complexity index is 1070. The number of nitriles is 4. The standard InChI is InChI=1S/C22H16N6/c1-28(2)20-9-5-16(6-10-20)22(18(13-25)14-26)21(17(11-23)12-24)15-3-7-19(27)8-4-15/h3-10H,27H2,1-2H3. The SMILES string of the molecule is CN(C)c1ccc(C(=C(C#N)C#N)C(=C(C#N)C#N)c2ccc(N)cc2)cc1. The minimum absolute atomic E-state index is 0.188. The molecule has 0 radical (unpaired) electrons. The van der Waals surface area contributed by atoms with Crippen LogP contribution >= 0.6 is 0 Å². The average Bonchev–Trinajstić information content (AvgIpc) is 2.71. The third kappa shape index (κ3) is 4.00. The minimum Gasteiger partial charge on any atom is -0.399 e. The van der Waals surface area contributed by atoms with Gasteiger partial charge in [-0.05, 0) is 35.4 Å². The van der Waals surface area contributed by atoms with Crippen LogP contribution < -0.4 is 10.6 Å². The van der Waals surface area contributed by atoms with Gasteiger partial charge in [-0.15, -0.1) is 0 Å². The van der Waals surface area contributed by atoms with E-state index in [2.05, 4.69) is 0 Å². The third-order valence-electron chi connectivity index (χ3n) is 4.07. The van der Waals surface area contributed by atoms with Crippen molar-refractivity contribution in [1.82, 2.24) is 0 Å². The fourth-order valence-electron chi connectivity index (χ4n) is 2.68. The van der Waals surface area contributed by atoms with Gasteiger partial charge in [0.15, 0.2) is 0 Å². The first-order valence-electron chi connectivity index (χ1n) is 8.19. The van der Waals surface area contributed by atoms with Gasteiger partial charge in [0, 0.05) is 36.6 Å². The fraction of sp³-hybridized carbons (Fsp3) is 0.0909. The monoisotopic (exact) mass is 364 g/mol. The van der Waals surface area contributed by atoms with Crippen LogP contribution in [0.1, 0.15) is 11.1 Å². The summed E-state index contributed by atoms with van der Waals surface area (Å²) in [7, 11) is 3.79. The number of nitrogens with two attached hydrogens (primary N) is 1. The molecule has 0 aliphatic carbocycles. The molecule has 2 aromatic carbocycles. The second-order valence-electron chi connectivity index (χ2n) is 6.01. The molecule has 0 spiro atoms. The number of benzene rings is 2. The van der Waals surface area contributed by atoms with Crippen LogP contribution in [0.25, 0.3) is 11.1 Å². The highest BCUT2D eigenvalue weighted by molar-refractivity contribution is 6.11. The molecule has 0 saturated carbocycles. The van der Waals surface area contributed by atoms with Crippen LogP contribution in [0.4, 0.5) is 11.4 Å². The topological polar surface area (TPSA) is 124 Å². The minimum atomic E-state index is -0.195. The third-order valence-corrected chi connectivity index (χ3v) is 4.07. The van der Waals surface area contributed by atoms with E-state index < -0.39 is 0 Å². The second-order valence-corrected chi connectivity index (χ2v) is 6.01.